The lowest BCUT2D eigenvalue weighted by molar-refractivity contribution is 0.0768. The largest absolute Gasteiger partial charge is 0.337 e. The Hall–Kier alpha value is -2.45. The number of rotatable bonds is 3. The molecule has 1 fully saturated rings. The van der Waals surface area contributed by atoms with Crippen LogP contribution in [0.25, 0.3) is 10.9 Å². The molecule has 0 aliphatic carbocycles. The van der Waals surface area contributed by atoms with E-state index in [4.69, 9.17) is 0 Å². The van der Waals surface area contributed by atoms with Crippen LogP contribution in [0.4, 0.5) is 4.39 Å². The van der Waals surface area contributed by atoms with Crippen molar-refractivity contribution in [3.8, 4) is 0 Å². The van der Waals surface area contributed by atoms with Crippen molar-refractivity contribution in [3.05, 3.63) is 65.1 Å². The molecule has 1 aliphatic heterocycles. The number of benzene rings is 2. The number of nitrogens with zero attached hydrogens (tertiary/aromatic N) is 2. The smallest absolute Gasteiger partial charge is 0.256 e. The maximum Gasteiger partial charge on any atom is 0.256 e. The third kappa shape index (κ3) is 3.70. The summed E-state index contributed by atoms with van der Waals surface area (Å²) < 4.78 is 41.5. The number of halogens is 1. The Kier molecular flexibility index (Phi) is 5.55. The minimum Gasteiger partial charge on any atom is -0.337 e. The van der Waals surface area contributed by atoms with Crippen LogP contribution >= 0.6 is 11.8 Å². The quantitative estimate of drug-likeness (QED) is 0.611. The first kappa shape index (κ1) is 20.8. The molecule has 0 N–H and O–H groups in total. The third-order valence-electron chi connectivity index (χ3n) is 5.37. The van der Waals surface area contributed by atoms with Crippen molar-refractivity contribution in [1.82, 2.24) is 9.88 Å². The van der Waals surface area contributed by atoms with Crippen LogP contribution in [-0.4, -0.2) is 48.8 Å². The summed E-state index contributed by atoms with van der Waals surface area (Å²) in [5, 5.41) is 0.116. The molecule has 0 radical (unpaired) electrons. The molecule has 1 amide bonds. The highest BCUT2D eigenvalue weighted by Gasteiger charge is 2.31. The molecule has 0 atom stereocenters. The molecule has 2 aromatic carbocycles. The van der Waals surface area contributed by atoms with E-state index >= 15 is 0 Å². The van der Waals surface area contributed by atoms with E-state index in [1.54, 1.807) is 28.8 Å². The second-order valence-corrected chi connectivity index (χ2v) is 10.4. The van der Waals surface area contributed by atoms with Crippen molar-refractivity contribution < 1.29 is 17.6 Å². The van der Waals surface area contributed by atoms with E-state index in [9.17, 15) is 17.6 Å². The van der Waals surface area contributed by atoms with Gasteiger partial charge in [0.1, 0.15) is 5.82 Å². The van der Waals surface area contributed by atoms with Gasteiger partial charge in [0.15, 0.2) is 0 Å². The van der Waals surface area contributed by atoms with Crippen molar-refractivity contribution in [2.45, 2.75) is 23.6 Å². The molecule has 2 heterocycles. The number of aryl methyl sites for hydroxylation is 2. The first-order chi connectivity index (χ1) is 14.3. The average molecular weight is 445 g/mol. The van der Waals surface area contributed by atoms with E-state index < -0.39 is 21.6 Å². The van der Waals surface area contributed by atoms with E-state index in [2.05, 4.69) is 4.98 Å². The monoisotopic (exact) mass is 444 g/mol. The number of sulfone groups is 1. The molecule has 0 unspecified atom stereocenters. The van der Waals surface area contributed by atoms with Gasteiger partial charge in [0.25, 0.3) is 5.91 Å². The number of amides is 1. The fraction of sp³-hybridized carbons (Fsp3) is 0.273. The minimum absolute atomic E-state index is 0.0155. The number of hydrogen-bond acceptors (Lipinski definition) is 5. The normalized spacial score (nSPS) is 14.8. The van der Waals surface area contributed by atoms with Gasteiger partial charge in [0.05, 0.1) is 20.9 Å². The zero-order valence-corrected chi connectivity index (χ0v) is 18.3. The SMILES string of the molecule is Cc1ccc(S(=O)(=O)c2c(C(=O)N3CCSCC3)cnc3ccc(F)cc23)cc1C. The summed E-state index contributed by atoms with van der Waals surface area (Å²) in [6.07, 6.45) is 1.30. The third-order valence-corrected chi connectivity index (χ3v) is 8.16. The zero-order valence-electron chi connectivity index (χ0n) is 16.7. The molecule has 0 bridgehead atoms. The van der Waals surface area contributed by atoms with E-state index in [0.717, 1.165) is 28.7 Å². The lowest BCUT2D eigenvalue weighted by Gasteiger charge is -2.27. The van der Waals surface area contributed by atoms with E-state index in [1.807, 2.05) is 13.8 Å². The van der Waals surface area contributed by atoms with Crippen LogP contribution in [0.15, 0.2) is 52.4 Å². The van der Waals surface area contributed by atoms with Gasteiger partial charge >= 0.3 is 0 Å². The highest BCUT2D eigenvalue weighted by atomic mass is 32.2. The Labute approximate surface area is 179 Å². The summed E-state index contributed by atoms with van der Waals surface area (Å²) in [5.41, 5.74) is 2.09. The summed E-state index contributed by atoms with van der Waals surface area (Å²) in [7, 11) is -4.10. The Bertz CT molecular complexity index is 1250. The van der Waals surface area contributed by atoms with Crippen LogP contribution in [-0.2, 0) is 9.84 Å². The second-order valence-electron chi connectivity index (χ2n) is 7.32. The van der Waals surface area contributed by atoms with Crippen LogP contribution in [0.1, 0.15) is 21.5 Å². The topological polar surface area (TPSA) is 67.3 Å². The van der Waals surface area contributed by atoms with E-state index in [1.165, 1.54) is 24.4 Å². The minimum atomic E-state index is -4.10. The number of carbonyl (C=O) groups is 1. The van der Waals surface area contributed by atoms with Crippen molar-refractivity contribution in [1.29, 1.82) is 0 Å². The predicted octanol–water partition coefficient (Wildman–Crippen LogP) is 4.01. The molecule has 0 spiro atoms. The lowest BCUT2D eigenvalue weighted by Crippen LogP contribution is -2.38. The van der Waals surface area contributed by atoms with Crippen LogP contribution in [0, 0.1) is 19.7 Å². The Morgan fingerprint density at radius 3 is 2.50 bits per heavy atom. The van der Waals surface area contributed by atoms with Crippen LogP contribution in [0.5, 0.6) is 0 Å². The van der Waals surface area contributed by atoms with Gasteiger partial charge in [0.2, 0.25) is 9.84 Å². The molecule has 1 aromatic heterocycles. The Morgan fingerprint density at radius 2 is 1.80 bits per heavy atom. The molecule has 3 aromatic rings. The molecular weight excluding hydrogens is 423 g/mol. The summed E-state index contributed by atoms with van der Waals surface area (Å²) in [5.74, 6) is 0.609. The molecular formula is C22H21FN2O3S2. The van der Waals surface area contributed by atoms with Crippen LogP contribution < -0.4 is 0 Å². The van der Waals surface area contributed by atoms with Crippen molar-refractivity contribution in [2.75, 3.05) is 24.6 Å². The van der Waals surface area contributed by atoms with Crippen molar-refractivity contribution >= 4 is 38.4 Å². The number of fused-ring (bicyclic) bond motifs is 1. The summed E-state index contributed by atoms with van der Waals surface area (Å²) >= 11 is 1.75. The molecule has 8 heteroatoms. The first-order valence-corrected chi connectivity index (χ1v) is 12.2. The van der Waals surface area contributed by atoms with Gasteiger partial charge in [-0.15, -0.1) is 0 Å². The lowest BCUT2D eigenvalue weighted by atomic mass is 10.1. The second kappa shape index (κ2) is 8.00. The summed E-state index contributed by atoms with van der Waals surface area (Å²) in [4.78, 5) is 19.1. The predicted molar refractivity (Wildman–Crippen MR) is 116 cm³/mol. The molecule has 0 saturated carbocycles. The molecule has 156 valence electrons. The zero-order chi connectivity index (χ0) is 21.5. The molecule has 5 nitrogen and oxygen atoms in total. The van der Waals surface area contributed by atoms with Crippen LogP contribution in [0.3, 0.4) is 0 Å². The highest BCUT2D eigenvalue weighted by molar-refractivity contribution is 7.99. The molecule has 1 saturated heterocycles. The highest BCUT2D eigenvalue weighted by Crippen LogP contribution is 2.33. The number of hydrogen-bond donors (Lipinski definition) is 0. The summed E-state index contributed by atoms with van der Waals surface area (Å²) in [6, 6.07) is 8.63. The Balaban J connectivity index is 1.98. The van der Waals surface area contributed by atoms with Gasteiger partial charge in [-0.3, -0.25) is 9.78 Å². The number of carbonyl (C=O) groups excluding carboxylic acids is 1. The van der Waals surface area contributed by atoms with Gasteiger partial charge in [-0.25, -0.2) is 12.8 Å². The van der Waals surface area contributed by atoms with Crippen molar-refractivity contribution in [3.63, 3.8) is 0 Å². The van der Waals surface area contributed by atoms with Crippen LogP contribution in [0.2, 0.25) is 0 Å². The van der Waals surface area contributed by atoms with Gasteiger partial charge in [-0.1, -0.05) is 6.07 Å². The summed E-state index contributed by atoms with van der Waals surface area (Å²) in [6.45, 7) is 4.80. The van der Waals surface area contributed by atoms with Gasteiger partial charge < -0.3 is 4.90 Å². The Morgan fingerprint density at radius 1 is 1.07 bits per heavy atom. The molecule has 30 heavy (non-hydrogen) atoms. The number of aromatic nitrogens is 1. The fourth-order valence-electron chi connectivity index (χ4n) is 3.52. The maximum absolute atomic E-state index is 14.1. The van der Waals surface area contributed by atoms with Gasteiger partial charge in [-0.2, -0.15) is 11.8 Å². The standard InChI is InChI=1S/C22H21FN2O3S2/c1-14-3-5-17(11-15(14)2)30(27,28)21-18-12-16(23)4-6-20(18)24-13-19(21)22(26)25-7-9-29-10-8-25/h3-6,11-13H,7-10H2,1-2H3. The molecule has 4 rings (SSSR count). The van der Waals surface area contributed by atoms with Gasteiger partial charge in [0, 0.05) is 36.2 Å². The first-order valence-electron chi connectivity index (χ1n) is 9.56. The number of thioether (sulfide) groups is 1. The molecule has 1 aliphatic rings. The van der Waals surface area contributed by atoms with Gasteiger partial charge in [-0.05, 0) is 55.3 Å². The average Bonchev–Trinajstić information content (AvgIpc) is 2.74. The maximum atomic E-state index is 14.1. The number of pyridine rings is 1. The van der Waals surface area contributed by atoms with Crippen molar-refractivity contribution in [2.24, 2.45) is 0 Å². The van der Waals surface area contributed by atoms with E-state index in [0.29, 0.717) is 18.6 Å². The van der Waals surface area contributed by atoms with E-state index in [-0.39, 0.29) is 20.7 Å². The fourth-order valence-corrected chi connectivity index (χ4v) is 6.12.